The topological polar surface area (TPSA) is 104 Å². The molecule has 18 heavy (non-hydrogen) atoms. The van der Waals surface area contributed by atoms with E-state index in [1.807, 2.05) is 0 Å². The van der Waals surface area contributed by atoms with Crippen LogP contribution in [-0.4, -0.2) is 32.9 Å². The number of H-pyrrole nitrogens is 1. The molecule has 0 saturated heterocycles. The fourth-order valence-corrected chi connectivity index (χ4v) is 1.48. The van der Waals surface area contributed by atoms with Gasteiger partial charge in [0, 0.05) is 24.3 Å². The van der Waals surface area contributed by atoms with Crippen LogP contribution in [0, 0.1) is 0 Å². The summed E-state index contributed by atoms with van der Waals surface area (Å²) in [6.07, 6.45) is 0.402. The molecule has 0 spiro atoms. The lowest BCUT2D eigenvalue weighted by molar-refractivity contribution is -0.123. The first-order valence-corrected chi connectivity index (χ1v) is 5.56. The fourth-order valence-electron chi connectivity index (χ4n) is 1.48. The van der Waals surface area contributed by atoms with E-state index in [2.05, 4.69) is 10.4 Å². The predicted molar refractivity (Wildman–Crippen MR) is 65.2 cm³/mol. The summed E-state index contributed by atoms with van der Waals surface area (Å²) in [5.41, 5.74) is -1.47. The molecule has 0 aromatic carbocycles. The Morgan fingerprint density at radius 2 is 2.11 bits per heavy atom. The maximum Gasteiger partial charge on any atom is 0.265 e. The standard InChI is InChI=1S/C11H17N3O4/c1-11(2,5-6-15)12-9(17)7-14-10(18)4-3-8(16)13-14/h3-4,15H,5-7H2,1-2H3,(H,12,17)(H,13,16). The Bertz CT molecular complexity index is 530. The summed E-state index contributed by atoms with van der Waals surface area (Å²) >= 11 is 0. The molecule has 0 fully saturated rings. The van der Waals surface area contributed by atoms with Crippen LogP contribution in [0.25, 0.3) is 0 Å². The summed E-state index contributed by atoms with van der Waals surface area (Å²) in [6.45, 7) is 3.22. The van der Waals surface area contributed by atoms with Gasteiger partial charge in [-0.2, -0.15) is 0 Å². The highest BCUT2D eigenvalue weighted by Crippen LogP contribution is 2.06. The molecule has 0 aliphatic carbocycles. The molecule has 0 atom stereocenters. The lowest BCUT2D eigenvalue weighted by atomic mass is 10.0. The fraction of sp³-hybridized carbons (Fsp3) is 0.545. The van der Waals surface area contributed by atoms with Gasteiger partial charge in [-0.25, -0.2) is 4.68 Å². The van der Waals surface area contributed by atoms with Crippen LogP contribution in [0.15, 0.2) is 21.7 Å². The molecule has 1 aromatic heterocycles. The minimum atomic E-state index is -0.565. The maximum absolute atomic E-state index is 11.7. The van der Waals surface area contributed by atoms with Crippen molar-refractivity contribution in [2.75, 3.05) is 6.61 Å². The second-order valence-electron chi connectivity index (χ2n) is 4.64. The van der Waals surface area contributed by atoms with E-state index in [1.54, 1.807) is 13.8 Å². The zero-order chi connectivity index (χ0) is 13.8. The molecule has 1 aromatic rings. The van der Waals surface area contributed by atoms with Crippen LogP contribution >= 0.6 is 0 Å². The van der Waals surface area contributed by atoms with Gasteiger partial charge < -0.3 is 10.4 Å². The Hall–Kier alpha value is -1.89. The quantitative estimate of drug-likeness (QED) is 0.615. The Labute approximate surface area is 103 Å². The van der Waals surface area contributed by atoms with E-state index >= 15 is 0 Å². The molecule has 1 rings (SSSR count). The Morgan fingerprint density at radius 1 is 1.44 bits per heavy atom. The molecule has 0 aliphatic heterocycles. The van der Waals surface area contributed by atoms with E-state index in [-0.39, 0.29) is 13.2 Å². The number of carbonyl (C=O) groups excluding carboxylic acids is 1. The Balaban J connectivity index is 2.74. The molecule has 0 saturated carbocycles. The molecule has 0 bridgehead atoms. The number of aliphatic hydroxyl groups is 1. The molecule has 0 unspecified atom stereocenters. The highest BCUT2D eigenvalue weighted by molar-refractivity contribution is 5.76. The van der Waals surface area contributed by atoms with Crippen LogP contribution in [0.2, 0.25) is 0 Å². The zero-order valence-electron chi connectivity index (χ0n) is 10.4. The van der Waals surface area contributed by atoms with E-state index in [0.29, 0.717) is 6.42 Å². The van der Waals surface area contributed by atoms with E-state index in [4.69, 9.17) is 5.11 Å². The summed E-state index contributed by atoms with van der Waals surface area (Å²) in [7, 11) is 0. The third-order valence-electron chi connectivity index (χ3n) is 2.40. The summed E-state index contributed by atoms with van der Waals surface area (Å²) in [5, 5.41) is 13.8. The summed E-state index contributed by atoms with van der Waals surface area (Å²) < 4.78 is 0.937. The summed E-state index contributed by atoms with van der Waals surface area (Å²) in [6, 6.07) is 2.21. The van der Waals surface area contributed by atoms with Crippen LogP contribution in [0.1, 0.15) is 20.3 Å². The second-order valence-corrected chi connectivity index (χ2v) is 4.64. The zero-order valence-corrected chi connectivity index (χ0v) is 10.4. The molecular formula is C11H17N3O4. The highest BCUT2D eigenvalue weighted by atomic mass is 16.3. The molecule has 1 amide bonds. The van der Waals surface area contributed by atoms with Crippen molar-refractivity contribution in [3.05, 3.63) is 32.8 Å². The first-order valence-electron chi connectivity index (χ1n) is 5.56. The number of amides is 1. The predicted octanol–water partition coefficient (Wildman–Crippen LogP) is -1.19. The van der Waals surface area contributed by atoms with Crippen LogP contribution in [0.5, 0.6) is 0 Å². The third-order valence-corrected chi connectivity index (χ3v) is 2.40. The first kappa shape index (κ1) is 14.2. The van der Waals surface area contributed by atoms with Crippen molar-refractivity contribution >= 4 is 5.91 Å². The van der Waals surface area contributed by atoms with Crippen molar-refractivity contribution in [3.63, 3.8) is 0 Å². The molecular weight excluding hydrogens is 238 g/mol. The van der Waals surface area contributed by atoms with Gasteiger partial charge in [0.05, 0.1) is 0 Å². The van der Waals surface area contributed by atoms with Crippen molar-refractivity contribution in [2.24, 2.45) is 0 Å². The van der Waals surface area contributed by atoms with Crippen molar-refractivity contribution in [2.45, 2.75) is 32.4 Å². The number of carbonyl (C=O) groups is 1. The number of hydrogen-bond acceptors (Lipinski definition) is 4. The van der Waals surface area contributed by atoms with Gasteiger partial charge >= 0.3 is 0 Å². The minimum Gasteiger partial charge on any atom is -0.396 e. The molecule has 1 heterocycles. The number of aromatic amines is 1. The molecule has 3 N–H and O–H groups in total. The van der Waals surface area contributed by atoms with Gasteiger partial charge in [0.1, 0.15) is 6.54 Å². The highest BCUT2D eigenvalue weighted by Gasteiger charge is 2.19. The van der Waals surface area contributed by atoms with E-state index in [0.717, 1.165) is 16.8 Å². The molecule has 0 radical (unpaired) electrons. The van der Waals surface area contributed by atoms with Gasteiger partial charge in [0.25, 0.3) is 11.1 Å². The van der Waals surface area contributed by atoms with Crippen LogP contribution in [0.3, 0.4) is 0 Å². The largest absolute Gasteiger partial charge is 0.396 e. The van der Waals surface area contributed by atoms with Crippen LogP contribution in [-0.2, 0) is 11.3 Å². The van der Waals surface area contributed by atoms with E-state index in [9.17, 15) is 14.4 Å². The molecule has 0 aliphatic rings. The van der Waals surface area contributed by atoms with Gasteiger partial charge in [-0.3, -0.25) is 19.5 Å². The van der Waals surface area contributed by atoms with Gasteiger partial charge in [-0.05, 0) is 20.3 Å². The van der Waals surface area contributed by atoms with Gasteiger partial charge in [-0.15, -0.1) is 0 Å². The van der Waals surface area contributed by atoms with Crippen LogP contribution < -0.4 is 16.4 Å². The lowest BCUT2D eigenvalue weighted by Crippen LogP contribution is -2.46. The number of rotatable bonds is 5. The van der Waals surface area contributed by atoms with Gasteiger partial charge in [0.15, 0.2) is 0 Å². The normalized spacial score (nSPS) is 11.3. The van der Waals surface area contributed by atoms with Crippen molar-refractivity contribution in [1.29, 1.82) is 0 Å². The van der Waals surface area contributed by atoms with Crippen LogP contribution in [0.4, 0.5) is 0 Å². The Morgan fingerprint density at radius 3 is 2.72 bits per heavy atom. The van der Waals surface area contributed by atoms with Crippen molar-refractivity contribution < 1.29 is 9.90 Å². The number of nitrogens with one attached hydrogen (secondary N) is 2. The summed E-state index contributed by atoms with van der Waals surface area (Å²) in [5.74, 6) is -0.405. The van der Waals surface area contributed by atoms with Crippen molar-refractivity contribution in [3.8, 4) is 0 Å². The third kappa shape index (κ3) is 4.17. The smallest absolute Gasteiger partial charge is 0.265 e. The Kier molecular flexibility index (Phi) is 4.43. The second kappa shape index (κ2) is 5.63. The van der Waals surface area contributed by atoms with Gasteiger partial charge in [-0.1, -0.05) is 0 Å². The molecule has 7 heteroatoms. The maximum atomic E-state index is 11.7. The average Bonchev–Trinajstić information content (AvgIpc) is 2.22. The SMILES string of the molecule is CC(C)(CCO)NC(=O)Cn1[nH]c(=O)ccc1=O. The monoisotopic (exact) mass is 255 g/mol. The average molecular weight is 255 g/mol. The van der Waals surface area contributed by atoms with Crippen molar-refractivity contribution in [1.82, 2.24) is 15.1 Å². The molecule has 7 nitrogen and oxygen atoms in total. The number of hydrogen-bond donors (Lipinski definition) is 3. The molecule has 100 valence electrons. The number of nitrogens with zero attached hydrogens (tertiary/aromatic N) is 1. The lowest BCUT2D eigenvalue weighted by Gasteiger charge is -2.25. The summed E-state index contributed by atoms with van der Waals surface area (Å²) in [4.78, 5) is 34.1. The van der Waals surface area contributed by atoms with Gasteiger partial charge in [0.2, 0.25) is 5.91 Å². The minimum absolute atomic E-state index is 0.0462. The number of aromatic nitrogens is 2. The number of aliphatic hydroxyl groups excluding tert-OH is 1. The van der Waals surface area contributed by atoms with E-state index in [1.165, 1.54) is 0 Å². The van der Waals surface area contributed by atoms with E-state index < -0.39 is 22.6 Å². The first-order chi connectivity index (χ1) is 8.34.